The molecule has 3 rings (SSSR count). The Morgan fingerprint density at radius 1 is 1.11 bits per heavy atom. The first-order valence-corrected chi connectivity index (χ1v) is 8.95. The summed E-state index contributed by atoms with van der Waals surface area (Å²) in [5.74, 6) is -1.27. The van der Waals surface area contributed by atoms with Gasteiger partial charge in [-0.3, -0.25) is 9.59 Å². The summed E-state index contributed by atoms with van der Waals surface area (Å²) in [6.07, 6.45) is 1.33. The lowest BCUT2D eigenvalue weighted by Gasteiger charge is -2.39. The Morgan fingerprint density at radius 3 is 2.52 bits per heavy atom. The zero-order chi connectivity index (χ0) is 19.4. The minimum absolute atomic E-state index is 0.177. The smallest absolute Gasteiger partial charge is 0.253 e. The molecule has 0 radical (unpaired) electrons. The maximum Gasteiger partial charge on any atom is 0.253 e. The van der Waals surface area contributed by atoms with E-state index in [2.05, 4.69) is 5.32 Å². The van der Waals surface area contributed by atoms with Crippen LogP contribution in [0.2, 0.25) is 0 Å². The van der Waals surface area contributed by atoms with Crippen LogP contribution in [-0.4, -0.2) is 29.8 Å². The van der Waals surface area contributed by atoms with Crippen molar-refractivity contribution < 1.29 is 18.4 Å². The van der Waals surface area contributed by atoms with Crippen LogP contribution in [0, 0.1) is 17.0 Å². The zero-order valence-corrected chi connectivity index (χ0v) is 15.2. The summed E-state index contributed by atoms with van der Waals surface area (Å²) in [7, 11) is 0. The van der Waals surface area contributed by atoms with Crippen molar-refractivity contribution in [1.82, 2.24) is 10.2 Å². The normalized spacial score (nSPS) is 19.6. The summed E-state index contributed by atoms with van der Waals surface area (Å²) >= 11 is 0. The molecule has 1 fully saturated rings. The van der Waals surface area contributed by atoms with E-state index in [0.29, 0.717) is 24.9 Å². The van der Waals surface area contributed by atoms with Gasteiger partial charge in [0.1, 0.15) is 11.6 Å². The number of nitrogens with one attached hydrogen (secondary N) is 1. The average molecular weight is 372 g/mol. The first kappa shape index (κ1) is 19.0. The fourth-order valence-electron chi connectivity index (χ4n) is 3.44. The molecule has 1 saturated heterocycles. The lowest BCUT2D eigenvalue weighted by Crippen LogP contribution is -2.51. The molecule has 0 aromatic heterocycles. The molecule has 1 atom stereocenters. The van der Waals surface area contributed by atoms with Crippen LogP contribution in [0.1, 0.15) is 35.7 Å². The van der Waals surface area contributed by atoms with Gasteiger partial charge in [0.15, 0.2) is 0 Å². The van der Waals surface area contributed by atoms with E-state index in [9.17, 15) is 18.4 Å². The number of nitrogens with zero attached hydrogens (tertiary/aromatic N) is 1. The first-order valence-electron chi connectivity index (χ1n) is 8.95. The molecule has 0 aliphatic carbocycles. The summed E-state index contributed by atoms with van der Waals surface area (Å²) in [6, 6.07) is 11.6. The predicted molar refractivity (Wildman–Crippen MR) is 97.9 cm³/mol. The van der Waals surface area contributed by atoms with Crippen molar-refractivity contribution in [3.63, 3.8) is 0 Å². The molecule has 0 saturated carbocycles. The number of hydrogen-bond donors (Lipinski definition) is 1. The fraction of sp³-hybridized carbons (Fsp3) is 0.333. The van der Waals surface area contributed by atoms with E-state index in [1.54, 1.807) is 23.1 Å². The van der Waals surface area contributed by atoms with E-state index >= 15 is 0 Å². The Kier molecular flexibility index (Phi) is 5.54. The molecule has 2 aromatic carbocycles. The summed E-state index contributed by atoms with van der Waals surface area (Å²) in [4.78, 5) is 27.0. The number of likely N-dealkylation sites (tertiary alicyclic amines) is 1. The summed E-state index contributed by atoms with van der Waals surface area (Å²) < 4.78 is 26.7. The second kappa shape index (κ2) is 7.86. The van der Waals surface area contributed by atoms with Gasteiger partial charge in [-0.15, -0.1) is 0 Å². The summed E-state index contributed by atoms with van der Waals surface area (Å²) in [5.41, 5.74) is 0.212. The van der Waals surface area contributed by atoms with Crippen molar-refractivity contribution in [1.29, 1.82) is 0 Å². The highest BCUT2D eigenvalue weighted by atomic mass is 19.1. The van der Waals surface area contributed by atoms with Crippen molar-refractivity contribution in [2.45, 2.75) is 26.3 Å². The van der Waals surface area contributed by atoms with Gasteiger partial charge in [0.05, 0.1) is 5.41 Å². The van der Waals surface area contributed by atoms with E-state index in [0.717, 1.165) is 0 Å². The van der Waals surface area contributed by atoms with Crippen molar-refractivity contribution >= 4 is 11.8 Å². The van der Waals surface area contributed by atoms with Crippen molar-refractivity contribution in [2.24, 2.45) is 5.41 Å². The van der Waals surface area contributed by atoms with Gasteiger partial charge >= 0.3 is 0 Å². The number of piperidine rings is 1. The highest BCUT2D eigenvalue weighted by molar-refractivity contribution is 5.95. The third kappa shape index (κ3) is 4.51. The lowest BCUT2D eigenvalue weighted by molar-refractivity contribution is -0.132. The van der Waals surface area contributed by atoms with Crippen LogP contribution >= 0.6 is 0 Å². The van der Waals surface area contributed by atoms with Gasteiger partial charge in [-0.25, -0.2) is 8.78 Å². The van der Waals surface area contributed by atoms with Gasteiger partial charge in [-0.1, -0.05) is 18.2 Å². The summed E-state index contributed by atoms with van der Waals surface area (Å²) in [6.45, 7) is 2.84. The quantitative estimate of drug-likeness (QED) is 0.893. The monoisotopic (exact) mass is 372 g/mol. The van der Waals surface area contributed by atoms with Crippen LogP contribution < -0.4 is 5.32 Å². The van der Waals surface area contributed by atoms with Crippen LogP contribution in [0.15, 0.2) is 48.5 Å². The van der Waals surface area contributed by atoms with Crippen LogP contribution in [-0.2, 0) is 11.3 Å². The average Bonchev–Trinajstić information content (AvgIpc) is 2.65. The highest BCUT2D eigenvalue weighted by Crippen LogP contribution is 2.30. The molecule has 1 aliphatic rings. The predicted octanol–water partition coefficient (Wildman–Crippen LogP) is 3.52. The molecule has 0 spiro atoms. The number of rotatable bonds is 4. The Bertz CT molecular complexity index is 856. The first-order chi connectivity index (χ1) is 12.9. The van der Waals surface area contributed by atoms with Crippen molar-refractivity contribution in [2.75, 3.05) is 13.1 Å². The minimum atomic E-state index is -0.742. The van der Waals surface area contributed by atoms with E-state index in [-0.39, 0.29) is 36.3 Å². The number of halogens is 2. The summed E-state index contributed by atoms with van der Waals surface area (Å²) in [5, 5.41) is 2.84. The maximum absolute atomic E-state index is 13.4. The van der Waals surface area contributed by atoms with Crippen LogP contribution in [0.4, 0.5) is 8.78 Å². The second-order valence-corrected chi connectivity index (χ2v) is 7.21. The SMILES string of the molecule is C[C@]1(C(=O)NCc2cccc(F)c2)CCCN(C(=O)c2cccc(F)c2)C1. The third-order valence-corrected chi connectivity index (χ3v) is 4.95. The number of carbonyl (C=O) groups is 2. The molecule has 2 aromatic rings. The Hall–Kier alpha value is -2.76. The van der Waals surface area contributed by atoms with Crippen molar-refractivity contribution in [3.05, 3.63) is 71.3 Å². The molecule has 2 amide bonds. The lowest BCUT2D eigenvalue weighted by atomic mass is 9.80. The number of hydrogen-bond acceptors (Lipinski definition) is 2. The molecule has 1 heterocycles. The Labute approximate surface area is 157 Å². The van der Waals surface area contributed by atoms with Gasteiger partial charge in [-0.2, -0.15) is 0 Å². The van der Waals surface area contributed by atoms with Crippen LogP contribution in [0.25, 0.3) is 0 Å². The topological polar surface area (TPSA) is 49.4 Å². The van der Waals surface area contributed by atoms with Crippen molar-refractivity contribution in [3.8, 4) is 0 Å². The van der Waals surface area contributed by atoms with Gasteiger partial charge in [0.2, 0.25) is 5.91 Å². The van der Waals surface area contributed by atoms with Gasteiger partial charge < -0.3 is 10.2 Å². The zero-order valence-electron chi connectivity index (χ0n) is 15.2. The Balaban J connectivity index is 1.66. The molecule has 0 bridgehead atoms. The van der Waals surface area contributed by atoms with Crippen LogP contribution in [0.5, 0.6) is 0 Å². The van der Waals surface area contributed by atoms with Crippen LogP contribution in [0.3, 0.4) is 0 Å². The molecular weight excluding hydrogens is 350 g/mol. The molecule has 1 aliphatic heterocycles. The van der Waals surface area contributed by atoms with E-state index < -0.39 is 11.2 Å². The highest BCUT2D eigenvalue weighted by Gasteiger charge is 2.39. The molecule has 142 valence electrons. The second-order valence-electron chi connectivity index (χ2n) is 7.21. The molecule has 4 nitrogen and oxygen atoms in total. The van der Waals surface area contributed by atoms with E-state index in [4.69, 9.17) is 0 Å². The van der Waals surface area contributed by atoms with Gasteiger partial charge in [0.25, 0.3) is 5.91 Å². The molecule has 0 unspecified atom stereocenters. The molecule has 27 heavy (non-hydrogen) atoms. The fourth-order valence-corrected chi connectivity index (χ4v) is 3.44. The van der Waals surface area contributed by atoms with E-state index in [1.165, 1.54) is 30.3 Å². The van der Waals surface area contributed by atoms with E-state index in [1.807, 2.05) is 6.92 Å². The Morgan fingerprint density at radius 2 is 1.81 bits per heavy atom. The molecule has 1 N–H and O–H groups in total. The third-order valence-electron chi connectivity index (χ3n) is 4.95. The number of carbonyl (C=O) groups excluding carboxylic acids is 2. The van der Waals surface area contributed by atoms with Gasteiger partial charge in [0, 0.05) is 25.2 Å². The number of amides is 2. The standard InChI is InChI=1S/C21H22F2N2O2/c1-21(20(27)24-13-15-5-2-7-17(22)11-15)9-4-10-25(14-21)19(26)16-6-3-8-18(23)12-16/h2-3,5-8,11-12H,4,9-10,13-14H2,1H3,(H,24,27)/t21-/m0/s1. The molecular formula is C21H22F2N2O2. The largest absolute Gasteiger partial charge is 0.351 e. The number of benzene rings is 2. The van der Waals surface area contributed by atoms with Gasteiger partial charge in [-0.05, 0) is 55.7 Å². The minimum Gasteiger partial charge on any atom is -0.351 e. The molecule has 6 heteroatoms. The maximum atomic E-state index is 13.4.